The molecular formula is C18H34O4Si. The van der Waals surface area contributed by atoms with Gasteiger partial charge in [-0.15, -0.1) is 0 Å². The molecule has 0 radical (unpaired) electrons. The van der Waals surface area contributed by atoms with Crippen molar-refractivity contribution in [1.29, 1.82) is 0 Å². The predicted molar refractivity (Wildman–Crippen MR) is 96.0 cm³/mol. The van der Waals surface area contributed by atoms with Crippen LogP contribution in [0.1, 0.15) is 53.4 Å². The number of ether oxygens (including phenoxy) is 2. The van der Waals surface area contributed by atoms with Crippen LogP contribution >= 0.6 is 0 Å². The molecule has 0 aliphatic carbocycles. The second-order valence-corrected chi connectivity index (χ2v) is 12.6. The van der Waals surface area contributed by atoms with E-state index >= 15 is 0 Å². The second kappa shape index (κ2) is 7.49. The van der Waals surface area contributed by atoms with Gasteiger partial charge in [0.2, 0.25) is 0 Å². The highest BCUT2D eigenvalue weighted by atomic mass is 28.4. The average molecular weight is 343 g/mol. The summed E-state index contributed by atoms with van der Waals surface area (Å²) >= 11 is 0. The van der Waals surface area contributed by atoms with Gasteiger partial charge in [-0.3, -0.25) is 0 Å². The van der Waals surface area contributed by atoms with Gasteiger partial charge in [0.1, 0.15) is 0 Å². The maximum absolute atomic E-state index is 12.0. The van der Waals surface area contributed by atoms with E-state index in [9.17, 15) is 4.79 Å². The van der Waals surface area contributed by atoms with Crippen molar-refractivity contribution in [2.45, 2.75) is 90.3 Å². The first kappa shape index (κ1) is 20.4. The van der Waals surface area contributed by atoms with Crippen molar-refractivity contribution < 1.29 is 18.7 Å². The SMILES string of the molecule is COC(=O)[C@@]1(C)CC[C@H]([C@](C)(CCC=C(C)C)O[Si](C)(C)C)O1. The fourth-order valence-electron chi connectivity index (χ4n) is 3.26. The predicted octanol–water partition coefficient (Wildman–Crippen LogP) is 4.45. The third kappa shape index (κ3) is 5.73. The number of carbonyl (C=O) groups excluding carboxylic acids is 1. The molecule has 0 spiro atoms. The van der Waals surface area contributed by atoms with Crippen molar-refractivity contribution in [1.82, 2.24) is 0 Å². The van der Waals surface area contributed by atoms with Gasteiger partial charge in [-0.2, -0.15) is 0 Å². The molecule has 0 aromatic rings. The Bertz CT molecular complexity index is 450. The molecule has 1 fully saturated rings. The smallest absolute Gasteiger partial charge is 0.337 e. The lowest BCUT2D eigenvalue weighted by molar-refractivity contribution is -0.174. The number of rotatable bonds is 7. The first-order chi connectivity index (χ1) is 10.4. The zero-order chi connectivity index (χ0) is 17.9. The summed E-state index contributed by atoms with van der Waals surface area (Å²) in [5.74, 6) is -0.292. The highest BCUT2D eigenvalue weighted by molar-refractivity contribution is 6.69. The van der Waals surface area contributed by atoms with Gasteiger partial charge in [0.25, 0.3) is 0 Å². The van der Waals surface area contributed by atoms with Crippen LogP contribution in [0.2, 0.25) is 19.6 Å². The van der Waals surface area contributed by atoms with E-state index in [1.807, 2.05) is 6.92 Å². The molecular weight excluding hydrogens is 308 g/mol. The van der Waals surface area contributed by atoms with E-state index in [2.05, 4.69) is 46.5 Å². The molecule has 1 rings (SSSR count). The van der Waals surface area contributed by atoms with Crippen molar-refractivity contribution in [3.8, 4) is 0 Å². The van der Waals surface area contributed by atoms with Gasteiger partial charge >= 0.3 is 5.97 Å². The molecule has 23 heavy (non-hydrogen) atoms. The molecule has 0 bridgehead atoms. The van der Waals surface area contributed by atoms with Gasteiger partial charge in [-0.1, -0.05) is 11.6 Å². The quantitative estimate of drug-likeness (QED) is 0.389. The third-order valence-electron chi connectivity index (χ3n) is 4.32. The zero-order valence-electron chi connectivity index (χ0n) is 16.1. The molecule has 0 unspecified atom stereocenters. The molecule has 0 amide bonds. The maximum atomic E-state index is 12.0. The van der Waals surface area contributed by atoms with Crippen molar-refractivity contribution in [2.75, 3.05) is 7.11 Å². The number of allylic oxidation sites excluding steroid dienone is 2. The van der Waals surface area contributed by atoms with E-state index < -0.39 is 13.9 Å². The van der Waals surface area contributed by atoms with Gasteiger partial charge < -0.3 is 13.9 Å². The average Bonchev–Trinajstić information content (AvgIpc) is 2.80. The second-order valence-electron chi connectivity index (χ2n) is 8.21. The van der Waals surface area contributed by atoms with Crippen LogP contribution in [0, 0.1) is 0 Å². The van der Waals surface area contributed by atoms with E-state index in [4.69, 9.17) is 13.9 Å². The van der Waals surface area contributed by atoms with Crippen LogP contribution in [0.15, 0.2) is 11.6 Å². The highest BCUT2D eigenvalue weighted by Crippen LogP contribution is 2.40. The van der Waals surface area contributed by atoms with E-state index in [1.165, 1.54) is 12.7 Å². The van der Waals surface area contributed by atoms with Crippen LogP contribution in [0.3, 0.4) is 0 Å². The number of hydrogen-bond donors (Lipinski definition) is 0. The van der Waals surface area contributed by atoms with Crippen molar-refractivity contribution in [2.24, 2.45) is 0 Å². The molecule has 1 heterocycles. The van der Waals surface area contributed by atoms with Crippen LogP contribution in [0.4, 0.5) is 0 Å². The van der Waals surface area contributed by atoms with Crippen molar-refractivity contribution in [3.63, 3.8) is 0 Å². The molecule has 134 valence electrons. The summed E-state index contributed by atoms with van der Waals surface area (Å²) in [6, 6.07) is 0. The number of carbonyl (C=O) groups is 1. The van der Waals surface area contributed by atoms with Crippen LogP contribution in [0.5, 0.6) is 0 Å². The summed E-state index contributed by atoms with van der Waals surface area (Å²) in [6.45, 7) is 14.8. The Labute approximate surface area is 142 Å². The number of methoxy groups -OCH3 is 1. The first-order valence-corrected chi connectivity index (χ1v) is 11.9. The summed E-state index contributed by atoms with van der Waals surface area (Å²) in [5.41, 5.74) is 0.0921. The van der Waals surface area contributed by atoms with Crippen molar-refractivity contribution in [3.05, 3.63) is 11.6 Å². The van der Waals surface area contributed by atoms with E-state index in [0.29, 0.717) is 6.42 Å². The Morgan fingerprint density at radius 1 is 1.39 bits per heavy atom. The van der Waals surface area contributed by atoms with Gasteiger partial charge in [0, 0.05) is 0 Å². The standard InChI is InChI=1S/C18H34O4Si/c1-14(2)10-9-12-17(3,22-23(6,7)8)15-11-13-18(4,21-15)16(19)20-5/h10,15H,9,11-13H2,1-8H3/t15-,17+,18-/m1/s1. The first-order valence-electron chi connectivity index (χ1n) is 8.52. The maximum Gasteiger partial charge on any atom is 0.337 e. The van der Waals surface area contributed by atoms with Crippen LogP contribution in [-0.4, -0.2) is 38.7 Å². The van der Waals surface area contributed by atoms with Gasteiger partial charge in [-0.05, 0) is 73.0 Å². The van der Waals surface area contributed by atoms with E-state index in [-0.39, 0.29) is 17.7 Å². The molecule has 3 atom stereocenters. The summed E-state index contributed by atoms with van der Waals surface area (Å²) in [7, 11) is -0.323. The highest BCUT2D eigenvalue weighted by Gasteiger charge is 2.50. The Hall–Kier alpha value is -0.653. The van der Waals surface area contributed by atoms with Crippen LogP contribution < -0.4 is 0 Å². The van der Waals surface area contributed by atoms with Crippen LogP contribution in [0.25, 0.3) is 0 Å². The van der Waals surface area contributed by atoms with E-state index in [1.54, 1.807) is 0 Å². The van der Waals surface area contributed by atoms with Gasteiger partial charge in [0.05, 0.1) is 18.8 Å². The minimum absolute atomic E-state index is 0.0797. The Morgan fingerprint density at radius 3 is 2.48 bits per heavy atom. The minimum atomic E-state index is -1.74. The zero-order valence-corrected chi connectivity index (χ0v) is 17.1. The van der Waals surface area contributed by atoms with Gasteiger partial charge in [0.15, 0.2) is 13.9 Å². The van der Waals surface area contributed by atoms with E-state index in [0.717, 1.165) is 19.3 Å². The fraction of sp³-hybridized carbons (Fsp3) is 0.833. The minimum Gasteiger partial charge on any atom is -0.467 e. The molecule has 1 aliphatic heterocycles. The normalized spacial score (nSPS) is 27.4. The summed E-state index contributed by atoms with van der Waals surface area (Å²) in [5, 5.41) is 0. The van der Waals surface area contributed by atoms with Gasteiger partial charge in [-0.25, -0.2) is 4.79 Å². The molecule has 0 aromatic carbocycles. The summed E-state index contributed by atoms with van der Waals surface area (Å²) < 4.78 is 17.6. The molecule has 0 aromatic heterocycles. The Morgan fingerprint density at radius 2 is 2.00 bits per heavy atom. The van der Waals surface area contributed by atoms with Crippen molar-refractivity contribution >= 4 is 14.3 Å². The molecule has 1 aliphatic rings. The summed E-state index contributed by atoms with van der Waals surface area (Å²) in [6.07, 6.45) is 5.51. The lowest BCUT2D eigenvalue weighted by atomic mass is 9.90. The number of esters is 1. The Kier molecular flexibility index (Phi) is 6.64. The fourth-order valence-corrected chi connectivity index (χ4v) is 4.89. The summed E-state index contributed by atoms with van der Waals surface area (Å²) in [4.78, 5) is 12.0. The molecule has 0 saturated carbocycles. The topological polar surface area (TPSA) is 44.8 Å². The molecule has 0 N–H and O–H groups in total. The molecule has 5 heteroatoms. The lowest BCUT2D eigenvalue weighted by Crippen LogP contribution is -2.50. The number of hydrogen-bond acceptors (Lipinski definition) is 4. The third-order valence-corrected chi connectivity index (χ3v) is 5.40. The largest absolute Gasteiger partial charge is 0.467 e. The molecule has 4 nitrogen and oxygen atoms in total. The lowest BCUT2D eigenvalue weighted by Gasteiger charge is -2.41. The van der Waals surface area contributed by atoms with Crippen LogP contribution in [-0.2, 0) is 18.7 Å². The Balaban J connectivity index is 2.92. The molecule has 1 saturated heterocycles. The monoisotopic (exact) mass is 342 g/mol.